The highest BCUT2D eigenvalue weighted by molar-refractivity contribution is 6.05. The van der Waals surface area contributed by atoms with Crippen LogP contribution in [0.3, 0.4) is 0 Å². The third-order valence-corrected chi connectivity index (χ3v) is 4.23. The topological polar surface area (TPSA) is 82.5 Å². The second-order valence-corrected chi connectivity index (χ2v) is 6.08. The van der Waals surface area contributed by atoms with Crippen LogP contribution in [0.1, 0.15) is 29.6 Å². The molecule has 2 aromatic rings. The summed E-state index contributed by atoms with van der Waals surface area (Å²) in [6, 6.07) is 6.73. The van der Waals surface area contributed by atoms with Crippen molar-refractivity contribution in [3.8, 4) is 0 Å². The van der Waals surface area contributed by atoms with Gasteiger partial charge in [-0.2, -0.15) is 0 Å². The van der Waals surface area contributed by atoms with E-state index in [1.807, 2.05) is 14.1 Å². The number of hydrogen-bond donors (Lipinski definition) is 2. The van der Waals surface area contributed by atoms with Gasteiger partial charge < -0.3 is 15.3 Å². The molecule has 1 aromatic heterocycles. The lowest BCUT2D eigenvalue weighted by molar-refractivity contribution is -0.122. The number of nitrogens with zero attached hydrogens (tertiary/aromatic N) is 2. The zero-order valence-electron chi connectivity index (χ0n) is 13.2. The Morgan fingerprint density at radius 1 is 1.26 bits per heavy atom. The van der Waals surface area contributed by atoms with E-state index in [-0.39, 0.29) is 17.4 Å². The van der Waals surface area contributed by atoms with E-state index >= 15 is 0 Å². The van der Waals surface area contributed by atoms with Crippen molar-refractivity contribution in [2.24, 2.45) is 5.92 Å². The predicted molar refractivity (Wildman–Crippen MR) is 89.0 cm³/mol. The summed E-state index contributed by atoms with van der Waals surface area (Å²) in [7, 11) is 3.63. The lowest BCUT2D eigenvalue weighted by Crippen LogP contribution is -2.28. The fourth-order valence-corrected chi connectivity index (χ4v) is 2.61. The van der Waals surface area contributed by atoms with E-state index in [4.69, 9.17) is 0 Å². The number of amides is 1. The van der Waals surface area contributed by atoms with Gasteiger partial charge in [0.1, 0.15) is 5.82 Å². The number of carbonyl (C=O) groups is 2. The molecule has 0 spiro atoms. The Hall–Kier alpha value is -2.63. The Balaban J connectivity index is 2.00. The van der Waals surface area contributed by atoms with Gasteiger partial charge in [0.25, 0.3) is 0 Å². The van der Waals surface area contributed by atoms with Crippen LogP contribution in [0.25, 0.3) is 10.9 Å². The molecule has 0 bridgehead atoms. The molecule has 6 heteroatoms. The molecule has 1 heterocycles. The van der Waals surface area contributed by atoms with Crippen molar-refractivity contribution >= 4 is 34.3 Å². The molecular formula is C17H19N3O3. The normalized spacial score (nSPS) is 14.3. The number of aromatic nitrogens is 1. The molecule has 6 nitrogen and oxygen atoms in total. The molecule has 23 heavy (non-hydrogen) atoms. The number of rotatable bonds is 4. The molecule has 3 rings (SSSR count). The summed E-state index contributed by atoms with van der Waals surface area (Å²) in [5.41, 5.74) is 1.38. The third kappa shape index (κ3) is 2.97. The average Bonchev–Trinajstić information content (AvgIpc) is 2.43. The van der Waals surface area contributed by atoms with Gasteiger partial charge in [-0.05, 0) is 37.1 Å². The van der Waals surface area contributed by atoms with Crippen molar-refractivity contribution < 1.29 is 14.7 Å². The molecule has 1 aromatic carbocycles. The first kappa shape index (κ1) is 15.3. The van der Waals surface area contributed by atoms with Gasteiger partial charge in [0.15, 0.2) is 0 Å². The standard InChI is InChI=1S/C17H19N3O3/c1-20(2)15-9-13(17(22)23)12-8-11(6-7-14(12)19-15)18-16(21)10-4-3-5-10/h6-10H,3-5H2,1-2H3,(H,18,21)(H,22,23). The molecule has 1 amide bonds. The first-order valence-electron chi connectivity index (χ1n) is 7.62. The molecule has 1 saturated carbocycles. The largest absolute Gasteiger partial charge is 0.478 e. The lowest BCUT2D eigenvalue weighted by atomic mass is 9.85. The van der Waals surface area contributed by atoms with E-state index in [1.165, 1.54) is 0 Å². The van der Waals surface area contributed by atoms with Crippen LogP contribution in [-0.2, 0) is 4.79 Å². The van der Waals surface area contributed by atoms with Crippen LogP contribution in [-0.4, -0.2) is 36.1 Å². The van der Waals surface area contributed by atoms with Crippen LogP contribution in [0.15, 0.2) is 24.3 Å². The van der Waals surface area contributed by atoms with E-state index in [1.54, 1.807) is 29.2 Å². The number of fused-ring (bicyclic) bond motifs is 1. The number of carbonyl (C=O) groups excluding carboxylic acids is 1. The van der Waals surface area contributed by atoms with Crippen molar-refractivity contribution in [1.82, 2.24) is 4.98 Å². The van der Waals surface area contributed by atoms with Crippen LogP contribution >= 0.6 is 0 Å². The SMILES string of the molecule is CN(C)c1cc(C(=O)O)c2cc(NC(=O)C3CCC3)ccc2n1. The Morgan fingerprint density at radius 2 is 2.00 bits per heavy atom. The van der Waals surface area contributed by atoms with E-state index < -0.39 is 5.97 Å². The highest BCUT2D eigenvalue weighted by Crippen LogP contribution is 2.29. The molecule has 1 fully saturated rings. The van der Waals surface area contributed by atoms with Gasteiger partial charge in [-0.3, -0.25) is 4.79 Å². The van der Waals surface area contributed by atoms with Crippen LogP contribution in [0.4, 0.5) is 11.5 Å². The van der Waals surface area contributed by atoms with Crippen molar-refractivity contribution in [3.05, 3.63) is 29.8 Å². The number of hydrogen-bond acceptors (Lipinski definition) is 4. The van der Waals surface area contributed by atoms with Crippen LogP contribution in [0, 0.1) is 5.92 Å². The van der Waals surface area contributed by atoms with Gasteiger partial charge >= 0.3 is 5.97 Å². The molecule has 0 saturated heterocycles. The molecule has 1 aliphatic carbocycles. The van der Waals surface area contributed by atoms with E-state index in [2.05, 4.69) is 10.3 Å². The fourth-order valence-electron chi connectivity index (χ4n) is 2.61. The van der Waals surface area contributed by atoms with Crippen molar-refractivity contribution in [1.29, 1.82) is 0 Å². The summed E-state index contributed by atoms with van der Waals surface area (Å²) in [6.45, 7) is 0. The van der Waals surface area contributed by atoms with Gasteiger partial charge in [0.2, 0.25) is 5.91 Å². The van der Waals surface area contributed by atoms with Gasteiger partial charge in [0, 0.05) is 31.1 Å². The number of carboxylic acid groups (broad SMARTS) is 1. The molecule has 1 aliphatic rings. The zero-order chi connectivity index (χ0) is 16.6. The third-order valence-electron chi connectivity index (χ3n) is 4.23. The maximum absolute atomic E-state index is 12.0. The number of aromatic carboxylic acids is 1. The van der Waals surface area contributed by atoms with Crippen molar-refractivity contribution in [2.75, 3.05) is 24.3 Å². The van der Waals surface area contributed by atoms with Crippen LogP contribution < -0.4 is 10.2 Å². The highest BCUT2D eigenvalue weighted by atomic mass is 16.4. The summed E-state index contributed by atoms with van der Waals surface area (Å²) in [5.74, 6) is -0.339. The lowest BCUT2D eigenvalue weighted by Gasteiger charge is -2.24. The van der Waals surface area contributed by atoms with E-state index in [0.29, 0.717) is 22.4 Å². The minimum absolute atomic E-state index is 0.00495. The van der Waals surface area contributed by atoms with Gasteiger partial charge in [-0.1, -0.05) is 6.42 Å². The monoisotopic (exact) mass is 313 g/mol. The molecule has 120 valence electrons. The quantitative estimate of drug-likeness (QED) is 0.907. The number of anilines is 2. The average molecular weight is 313 g/mol. The minimum Gasteiger partial charge on any atom is -0.478 e. The minimum atomic E-state index is -1.01. The summed E-state index contributed by atoms with van der Waals surface area (Å²) in [6.07, 6.45) is 2.94. The van der Waals surface area contributed by atoms with E-state index in [9.17, 15) is 14.7 Å². The number of benzene rings is 1. The predicted octanol–water partition coefficient (Wildman–Crippen LogP) is 2.74. The van der Waals surface area contributed by atoms with Gasteiger partial charge in [-0.15, -0.1) is 0 Å². The summed E-state index contributed by atoms with van der Waals surface area (Å²) in [4.78, 5) is 29.8. The van der Waals surface area contributed by atoms with Crippen molar-refractivity contribution in [2.45, 2.75) is 19.3 Å². The number of carboxylic acids is 1. The van der Waals surface area contributed by atoms with E-state index in [0.717, 1.165) is 19.3 Å². The molecule has 0 aliphatic heterocycles. The second kappa shape index (κ2) is 5.87. The Labute approximate surface area is 134 Å². The molecule has 0 unspecified atom stereocenters. The zero-order valence-corrected chi connectivity index (χ0v) is 13.2. The fraction of sp³-hybridized carbons (Fsp3) is 0.353. The number of pyridine rings is 1. The highest BCUT2D eigenvalue weighted by Gasteiger charge is 2.25. The first-order valence-corrected chi connectivity index (χ1v) is 7.62. The molecule has 0 radical (unpaired) electrons. The van der Waals surface area contributed by atoms with Crippen LogP contribution in [0.2, 0.25) is 0 Å². The Kier molecular flexibility index (Phi) is 3.90. The maximum Gasteiger partial charge on any atom is 0.336 e. The maximum atomic E-state index is 12.0. The van der Waals surface area contributed by atoms with Gasteiger partial charge in [-0.25, -0.2) is 9.78 Å². The second-order valence-electron chi connectivity index (χ2n) is 6.08. The summed E-state index contributed by atoms with van der Waals surface area (Å²) < 4.78 is 0. The Bertz CT molecular complexity index is 782. The summed E-state index contributed by atoms with van der Waals surface area (Å²) in [5, 5.41) is 12.9. The molecule has 2 N–H and O–H groups in total. The molecule has 0 atom stereocenters. The summed E-state index contributed by atoms with van der Waals surface area (Å²) >= 11 is 0. The Morgan fingerprint density at radius 3 is 2.57 bits per heavy atom. The smallest absolute Gasteiger partial charge is 0.336 e. The van der Waals surface area contributed by atoms with Crippen molar-refractivity contribution in [3.63, 3.8) is 0 Å². The van der Waals surface area contributed by atoms with Crippen LogP contribution in [0.5, 0.6) is 0 Å². The molecular weight excluding hydrogens is 294 g/mol. The number of nitrogens with one attached hydrogen (secondary N) is 1. The van der Waals surface area contributed by atoms with Gasteiger partial charge in [0.05, 0.1) is 11.1 Å². The first-order chi connectivity index (χ1) is 11.0.